The van der Waals surface area contributed by atoms with Gasteiger partial charge in [0.25, 0.3) is 0 Å². The van der Waals surface area contributed by atoms with Gasteiger partial charge in [0.05, 0.1) is 36.1 Å². The van der Waals surface area contributed by atoms with Gasteiger partial charge in [0.2, 0.25) is 0 Å². The van der Waals surface area contributed by atoms with Crippen molar-refractivity contribution in [1.82, 2.24) is 0 Å². The molecule has 11 heteroatoms. The van der Waals surface area contributed by atoms with Crippen molar-refractivity contribution in [3.05, 3.63) is 11.6 Å². The molecular weight excluding hydrogens is 524 g/mol. The number of cyclic esters (lactones) is 1. The monoisotopic (exact) mass is 568 g/mol. The highest BCUT2D eigenvalue weighted by molar-refractivity contribution is 5.85. The molecule has 0 aromatic carbocycles. The number of aliphatic hydroxyl groups excluding tert-OH is 5. The minimum Gasteiger partial charge on any atom is -0.458 e. The van der Waals surface area contributed by atoms with Crippen LogP contribution in [0.1, 0.15) is 65.2 Å². The van der Waals surface area contributed by atoms with E-state index >= 15 is 0 Å². The number of hydrogen-bond acceptors (Lipinski definition) is 11. The van der Waals surface area contributed by atoms with E-state index in [0.717, 1.165) is 5.57 Å². The summed E-state index contributed by atoms with van der Waals surface area (Å²) < 4.78 is 16.8. The van der Waals surface area contributed by atoms with E-state index in [1.165, 1.54) is 6.08 Å². The molecule has 226 valence electrons. The lowest BCUT2D eigenvalue weighted by Crippen LogP contribution is -2.72. The van der Waals surface area contributed by atoms with Crippen LogP contribution in [0, 0.1) is 28.6 Å². The first-order valence-corrected chi connectivity index (χ1v) is 14.8. The molecule has 0 spiro atoms. The van der Waals surface area contributed by atoms with Gasteiger partial charge in [-0.2, -0.15) is 0 Å². The Bertz CT molecular complexity index is 1050. The van der Waals surface area contributed by atoms with E-state index in [9.17, 15) is 40.5 Å². The van der Waals surface area contributed by atoms with Crippen LogP contribution in [0.25, 0.3) is 0 Å². The van der Waals surface area contributed by atoms with Gasteiger partial charge in [-0.1, -0.05) is 6.92 Å². The third-order valence-corrected chi connectivity index (χ3v) is 12.3. The zero-order valence-corrected chi connectivity index (χ0v) is 23.2. The number of carbonyl (C=O) groups excluding carboxylic acids is 1. The largest absolute Gasteiger partial charge is 0.458 e. The molecule has 4 aliphatic carbocycles. The second-order valence-electron chi connectivity index (χ2n) is 13.7. The molecule has 40 heavy (non-hydrogen) atoms. The normalized spacial score (nSPS) is 56.1. The van der Waals surface area contributed by atoms with E-state index in [1.54, 1.807) is 6.92 Å². The van der Waals surface area contributed by atoms with Gasteiger partial charge in [-0.3, -0.25) is 0 Å². The third-order valence-electron chi connectivity index (χ3n) is 12.3. The van der Waals surface area contributed by atoms with Crippen molar-refractivity contribution < 1.29 is 54.8 Å². The second kappa shape index (κ2) is 9.68. The average molecular weight is 569 g/mol. The second-order valence-corrected chi connectivity index (χ2v) is 13.7. The number of esters is 1. The van der Waals surface area contributed by atoms with Crippen LogP contribution in [0.4, 0.5) is 0 Å². The molecule has 0 aromatic heterocycles. The van der Waals surface area contributed by atoms with Crippen LogP contribution >= 0.6 is 0 Å². The van der Waals surface area contributed by atoms with E-state index in [4.69, 9.17) is 14.2 Å². The Labute approximate surface area is 233 Å². The number of fused-ring (bicyclic) bond motifs is 5. The molecule has 6 aliphatic rings. The van der Waals surface area contributed by atoms with Crippen LogP contribution in [0.5, 0.6) is 0 Å². The highest BCUT2D eigenvalue weighted by atomic mass is 16.7. The number of carbonyl (C=O) groups is 1. The summed E-state index contributed by atoms with van der Waals surface area (Å²) in [5.74, 6) is -1.19. The molecule has 6 rings (SSSR count). The molecule has 1 saturated heterocycles. The number of ether oxygens (including phenoxy) is 3. The van der Waals surface area contributed by atoms with Gasteiger partial charge in [0.15, 0.2) is 6.29 Å². The van der Waals surface area contributed by atoms with E-state index in [-0.39, 0.29) is 37.4 Å². The Morgan fingerprint density at radius 1 is 1.00 bits per heavy atom. The van der Waals surface area contributed by atoms with Gasteiger partial charge in [0.1, 0.15) is 24.9 Å². The van der Waals surface area contributed by atoms with Crippen LogP contribution in [0.3, 0.4) is 0 Å². The molecule has 0 bridgehead atoms. The van der Waals surface area contributed by atoms with Gasteiger partial charge >= 0.3 is 5.97 Å². The molecule has 0 radical (unpaired) electrons. The maximum atomic E-state index is 12.4. The molecule has 0 aromatic rings. The topological polar surface area (TPSA) is 186 Å². The Morgan fingerprint density at radius 2 is 1.75 bits per heavy atom. The predicted octanol–water partition coefficient (Wildman–Crippen LogP) is -0.486. The Morgan fingerprint density at radius 3 is 2.42 bits per heavy atom. The van der Waals surface area contributed by atoms with Crippen molar-refractivity contribution >= 4 is 5.97 Å². The Balaban J connectivity index is 1.25. The summed E-state index contributed by atoms with van der Waals surface area (Å²) in [7, 11) is 0. The molecule has 4 saturated carbocycles. The quantitative estimate of drug-likeness (QED) is 0.171. The van der Waals surface area contributed by atoms with E-state index in [1.807, 2.05) is 6.92 Å². The van der Waals surface area contributed by atoms with Crippen molar-refractivity contribution in [3.8, 4) is 0 Å². The fourth-order valence-electron chi connectivity index (χ4n) is 9.92. The van der Waals surface area contributed by atoms with Gasteiger partial charge in [-0.25, -0.2) is 4.79 Å². The molecule has 14 atom stereocenters. The molecule has 11 nitrogen and oxygen atoms in total. The highest BCUT2D eigenvalue weighted by Gasteiger charge is 2.73. The standard InChI is InChI=1S/C29H44O11/c1-14-22(33)23(34)24(35)25(39-14)40-16-3-6-27(13-30)19-10-20(31)26(2)17(15-9-21(32)38-12-15)5-8-29(26,37)18(19)4-7-28(27,36)11-16/h9,14,16-20,22-25,30-31,33-37H,3-8,10-13H2,1-2H3/t14-,16+,17-,18-,19+,20-,22-,23+,24-,25?,26+,27+,28+,29?/m1/s1. The molecule has 2 aliphatic heterocycles. The molecule has 0 amide bonds. The Kier molecular flexibility index (Phi) is 7.01. The van der Waals surface area contributed by atoms with Crippen molar-refractivity contribution in [2.75, 3.05) is 13.2 Å². The van der Waals surface area contributed by atoms with Crippen molar-refractivity contribution in [2.24, 2.45) is 28.6 Å². The van der Waals surface area contributed by atoms with Crippen molar-refractivity contribution in [3.63, 3.8) is 0 Å². The first-order valence-electron chi connectivity index (χ1n) is 14.8. The highest BCUT2D eigenvalue weighted by Crippen LogP contribution is 2.70. The zero-order chi connectivity index (χ0) is 28.8. The van der Waals surface area contributed by atoms with Gasteiger partial charge < -0.3 is 50.0 Å². The van der Waals surface area contributed by atoms with Gasteiger partial charge in [0, 0.05) is 23.3 Å². The maximum absolute atomic E-state index is 12.4. The van der Waals surface area contributed by atoms with Crippen LogP contribution in [0.15, 0.2) is 11.6 Å². The average Bonchev–Trinajstić information content (AvgIpc) is 3.46. The summed E-state index contributed by atoms with van der Waals surface area (Å²) in [4.78, 5) is 11.8. The van der Waals surface area contributed by atoms with E-state index < -0.39 is 70.9 Å². The number of rotatable bonds is 4. The van der Waals surface area contributed by atoms with Crippen LogP contribution in [-0.4, -0.2) is 109 Å². The summed E-state index contributed by atoms with van der Waals surface area (Å²) in [6.07, 6.45) is -2.81. The van der Waals surface area contributed by atoms with E-state index in [0.29, 0.717) is 44.9 Å². The summed E-state index contributed by atoms with van der Waals surface area (Å²) in [5.41, 5.74) is -3.63. The lowest BCUT2D eigenvalue weighted by molar-refractivity contribution is -0.325. The summed E-state index contributed by atoms with van der Waals surface area (Å²) in [5, 5.41) is 77.8. The van der Waals surface area contributed by atoms with Crippen LogP contribution in [-0.2, 0) is 19.0 Å². The summed E-state index contributed by atoms with van der Waals surface area (Å²) in [6, 6.07) is 0. The zero-order valence-electron chi connectivity index (χ0n) is 23.2. The lowest BCUT2D eigenvalue weighted by Gasteiger charge is -2.67. The third kappa shape index (κ3) is 3.79. The number of aliphatic hydroxyl groups is 7. The van der Waals surface area contributed by atoms with E-state index in [2.05, 4.69) is 0 Å². The molecule has 2 unspecified atom stereocenters. The first kappa shape index (κ1) is 28.9. The predicted molar refractivity (Wildman–Crippen MR) is 137 cm³/mol. The smallest absolute Gasteiger partial charge is 0.331 e. The fourth-order valence-corrected chi connectivity index (χ4v) is 9.92. The fraction of sp³-hybridized carbons (Fsp3) is 0.897. The molecule has 2 heterocycles. The van der Waals surface area contributed by atoms with Gasteiger partial charge in [-0.05, 0) is 75.2 Å². The SMILES string of the molecule is C[C@H]1OC(O[C@H]2CC[C@]3(CO)[C@H]4C[C@@H](O)[C@]5(C)[C@@H](C6=CC(=O)OC6)CCC5(O)[C@@H]4CC[C@]3(O)C2)[C@H](O)[C@@H](O)[C@@H]1O. The maximum Gasteiger partial charge on any atom is 0.331 e. The number of hydrogen-bond donors (Lipinski definition) is 7. The molecule has 5 fully saturated rings. The lowest BCUT2D eigenvalue weighted by atomic mass is 9.41. The Hall–Kier alpha value is -1.15. The molecular formula is C29H44O11. The van der Waals surface area contributed by atoms with Gasteiger partial charge in [-0.15, -0.1) is 0 Å². The molecule has 7 N–H and O–H groups in total. The van der Waals surface area contributed by atoms with Crippen LogP contribution in [0.2, 0.25) is 0 Å². The van der Waals surface area contributed by atoms with Crippen LogP contribution < -0.4 is 0 Å². The minimum absolute atomic E-state index is 0.164. The van der Waals surface area contributed by atoms with Crippen molar-refractivity contribution in [1.29, 1.82) is 0 Å². The summed E-state index contributed by atoms with van der Waals surface area (Å²) >= 11 is 0. The first-order chi connectivity index (χ1) is 18.8. The van der Waals surface area contributed by atoms with Crippen molar-refractivity contribution in [2.45, 2.75) is 119 Å². The minimum atomic E-state index is -1.45. The summed E-state index contributed by atoms with van der Waals surface area (Å²) in [6.45, 7) is 3.36.